The number of hydrogen-bond acceptors (Lipinski definition) is 3. The van der Waals surface area contributed by atoms with Crippen molar-refractivity contribution in [2.75, 3.05) is 13.1 Å². The SMILES string of the molecule is CC(N)CC1CCCCCN1CCC(C)(C)O. The molecule has 1 fully saturated rings. The topological polar surface area (TPSA) is 49.5 Å². The third-order valence-corrected chi connectivity index (χ3v) is 3.65. The minimum atomic E-state index is -0.550. The Morgan fingerprint density at radius 1 is 1.35 bits per heavy atom. The number of likely N-dealkylation sites (tertiary alicyclic amines) is 1. The smallest absolute Gasteiger partial charge is 0.0603 e. The van der Waals surface area contributed by atoms with Gasteiger partial charge in [-0.2, -0.15) is 0 Å². The van der Waals surface area contributed by atoms with Gasteiger partial charge in [0.15, 0.2) is 0 Å². The molecule has 1 saturated heterocycles. The molecule has 3 heteroatoms. The van der Waals surface area contributed by atoms with Crippen molar-refractivity contribution in [3.8, 4) is 0 Å². The molecule has 1 rings (SSSR count). The lowest BCUT2D eigenvalue weighted by Gasteiger charge is -2.33. The second-order valence-electron chi connectivity index (χ2n) is 6.31. The van der Waals surface area contributed by atoms with E-state index in [4.69, 9.17) is 5.73 Å². The quantitative estimate of drug-likeness (QED) is 0.776. The second-order valence-corrected chi connectivity index (χ2v) is 6.31. The minimum absolute atomic E-state index is 0.280. The Morgan fingerprint density at radius 3 is 2.65 bits per heavy atom. The van der Waals surface area contributed by atoms with Gasteiger partial charge in [-0.3, -0.25) is 0 Å². The highest BCUT2D eigenvalue weighted by atomic mass is 16.3. The summed E-state index contributed by atoms with van der Waals surface area (Å²) >= 11 is 0. The first-order chi connectivity index (χ1) is 7.88. The van der Waals surface area contributed by atoms with Crippen molar-refractivity contribution in [3.63, 3.8) is 0 Å². The maximum Gasteiger partial charge on any atom is 0.0603 e. The van der Waals surface area contributed by atoms with Crippen LogP contribution in [0.1, 0.15) is 59.3 Å². The van der Waals surface area contributed by atoms with Gasteiger partial charge in [-0.15, -0.1) is 0 Å². The summed E-state index contributed by atoms with van der Waals surface area (Å²) in [6.45, 7) is 8.06. The molecule has 1 aliphatic rings. The molecule has 0 bridgehead atoms. The van der Waals surface area contributed by atoms with Crippen LogP contribution in [0.25, 0.3) is 0 Å². The molecule has 0 amide bonds. The van der Waals surface area contributed by atoms with Gasteiger partial charge in [-0.05, 0) is 53.0 Å². The third kappa shape index (κ3) is 6.39. The van der Waals surface area contributed by atoms with Crippen LogP contribution in [0.15, 0.2) is 0 Å². The van der Waals surface area contributed by atoms with Crippen molar-refractivity contribution in [3.05, 3.63) is 0 Å². The molecule has 1 heterocycles. The summed E-state index contributed by atoms with van der Waals surface area (Å²) in [7, 11) is 0. The maximum absolute atomic E-state index is 9.84. The molecule has 0 radical (unpaired) electrons. The Hall–Kier alpha value is -0.120. The van der Waals surface area contributed by atoms with Crippen molar-refractivity contribution in [1.82, 2.24) is 4.90 Å². The monoisotopic (exact) mass is 242 g/mol. The van der Waals surface area contributed by atoms with Gasteiger partial charge in [0.05, 0.1) is 5.60 Å². The van der Waals surface area contributed by atoms with Crippen LogP contribution < -0.4 is 5.73 Å². The van der Waals surface area contributed by atoms with Gasteiger partial charge in [0.2, 0.25) is 0 Å². The highest BCUT2D eigenvalue weighted by molar-refractivity contribution is 4.80. The minimum Gasteiger partial charge on any atom is -0.390 e. The van der Waals surface area contributed by atoms with E-state index in [0.717, 1.165) is 19.4 Å². The number of hydrogen-bond donors (Lipinski definition) is 2. The summed E-state index contributed by atoms with van der Waals surface area (Å²) in [5.74, 6) is 0. The van der Waals surface area contributed by atoms with Crippen LogP contribution in [0.2, 0.25) is 0 Å². The van der Waals surface area contributed by atoms with Gasteiger partial charge in [-0.25, -0.2) is 0 Å². The lowest BCUT2D eigenvalue weighted by atomic mass is 10.0. The molecule has 0 saturated carbocycles. The normalized spacial score (nSPS) is 25.6. The van der Waals surface area contributed by atoms with Crippen LogP contribution in [0, 0.1) is 0 Å². The van der Waals surface area contributed by atoms with E-state index in [-0.39, 0.29) is 6.04 Å². The largest absolute Gasteiger partial charge is 0.390 e. The van der Waals surface area contributed by atoms with Gasteiger partial charge >= 0.3 is 0 Å². The number of nitrogens with two attached hydrogens (primary N) is 1. The van der Waals surface area contributed by atoms with Crippen LogP contribution in [0.5, 0.6) is 0 Å². The average molecular weight is 242 g/mol. The number of nitrogens with zero attached hydrogens (tertiary/aromatic N) is 1. The fourth-order valence-electron chi connectivity index (χ4n) is 2.64. The van der Waals surface area contributed by atoms with E-state index in [1.807, 2.05) is 13.8 Å². The second kappa shape index (κ2) is 6.72. The van der Waals surface area contributed by atoms with Crippen LogP contribution in [0.4, 0.5) is 0 Å². The third-order valence-electron chi connectivity index (χ3n) is 3.65. The molecule has 0 aromatic rings. The summed E-state index contributed by atoms with van der Waals surface area (Å²) in [6, 6.07) is 0.905. The first-order valence-electron chi connectivity index (χ1n) is 7.10. The zero-order valence-corrected chi connectivity index (χ0v) is 11.8. The van der Waals surface area contributed by atoms with Crippen molar-refractivity contribution in [2.24, 2.45) is 5.73 Å². The Balaban J connectivity index is 2.49. The predicted molar refractivity (Wildman–Crippen MR) is 73.0 cm³/mol. The van der Waals surface area contributed by atoms with Crippen LogP contribution in [-0.4, -0.2) is 40.8 Å². The number of rotatable bonds is 5. The van der Waals surface area contributed by atoms with Crippen molar-refractivity contribution in [1.29, 1.82) is 0 Å². The molecule has 3 N–H and O–H groups in total. The Bertz CT molecular complexity index is 211. The molecule has 0 aromatic carbocycles. The molecule has 1 aliphatic heterocycles. The molecule has 17 heavy (non-hydrogen) atoms. The summed E-state index contributed by atoms with van der Waals surface area (Å²) in [5, 5.41) is 9.84. The first-order valence-corrected chi connectivity index (χ1v) is 7.10. The lowest BCUT2D eigenvalue weighted by molar-refractivity contribution is 0.0498. The highest BCUT2D eigenvalue weighted by Crippen LogP contribution is 2.21. The Labute approximate surface area is 106 Å². The van der Waals surface area contributed by atoms with E-state index in [1.165, 1.54) is 32.2 Å². The zero-order chi connectivity index (χ0) is 12.9. The van der Waals surface area contributed by atoms with Crippen molar-refractivity contribution in [2.45, 2.75) is 77.0 Å². The molecular weight excluding hydrogens is 212 g/mol. The van der Waals surface area contributed by atoms with Gasteiger partial charge < -0.3 is 15.7 Å². The lowest BCUT2D eigenvalue weighted by Crippen LogP contribution is -2.41. The molecule has 2 atom stereocenters. The summed E-state index contributed by atoms with van der Waals surface area (Å²) in [4.78, 5) is 2.55. The molecule has 3 nitrogen and oxygen atoms in total. The zero-order valence-electron chi connectivity index (χ0n) is 11.8. The molecular formula is C14H30N2O. The highest BCUT2D eigenvalue weighted by Gasteiger charge is 2.23. The molecule has 0 spiro atoms. The van der Waals surface area contributed by atoms with Crippen LogP contribution in [0.3, 0.4) is 0 Å². The van der Waals surface area contributed by atoms with E-state index in [1.54, 1.807) is 0 Å². The summed E-state index contributed by atoms with van der Waals surface area (Å²) in [6.07, 6.45) is 7.17. The van der Waals surface area contributed by atoms with Crippen molar-refractivity contribution < 1.29 is 5.11 Å². The summed E-state index contributed by atoms with van der Waals surface area (Å²) in [5.41, 5.74) is 5.39. The fraction of sp³-hybridized carbons (Fsp3) is 1.00. The predicted octanol–water partition coefficient (Wildman–Crippen LogP) is 2.13. The number of aliphatic hydroxyl groups is 1. The van der Waals surface area contributed by atoms with E-state index in [9.17, 15) is 5.11 Å². The average Bonchev–Trinajstić information content (AvgIpc) is 2.38. The van der Waals surface area contributed by atoms with Crippen molar-refractivity contribution >= 4 is 0 Å². The van der Waals surface area contributed by atoms with Gasteiger partial charge in [0, 0.05) is 18.6 Å². The standard InChI is InChI=1S/C14H30N2O/c1-12(15)11-13-7-5-4-6-9-16(13)10-8-14(2,3)17/h12-13,17H,4-11,15H2,1-3H3. The van der Waals surface area contributed by atoms with Gasteiger partial charge in [0.25, 0.3) is 0 Å². The Kier molecular flexibility index (Phi) is 5.90. The van der Waals surface area contributed by atoms with E-state index < -0.39 is 5.60 Å². The molecule has 2 unspecified atom stereocenters. The van der Waals surface area contributed by atoms with E-state index in [0.29, 0.717) is 6.04 Å². The Morgan fingerprint density at radius 2 is 2.06 bits per heavy atom. The molecule has 0 aliphatic carbocycles. The van der Waals surface area contributed by atoms with Gasteiger partial charge in [-0.1, -0.05) is 12.8 Å². The van der Waals surface area contributed by atoms with E-state index >= 15 is 0 Å². The first kappa shape index (κ1) is 14.9. The maximum atomic E-state index is 9.84. The van der Waals surface area contributed by atoms with E-state index in [2.05, 4.69) is 11.8 Å². The summed E-state index contributed by atoms with van der Waals surface area (Å²) < 4.78 is 0. The fourth-order valence-corrected chi connectivity index (χ4v) is 2.64. The van der Waals surface area contributed by atoms with Crippen LogP contribution in [-0.2, 0) is 0 Å². The van der Waals surface area contributed by atoms with Crippen LogP contribution >= 0.6 is 0 Å². The van der Waals surface area contributed by atoms with Gasteiger partial charge in [0.1, 0.15) is 0 Å². The molecule has 0 aromatic heterocycles. The molecule has 102 valence electrons.